The average Bonchev–Trinajstić information content (AvgIpc) is 3.27. The van der Waals surface area contributed by atoms with Gasteiger partial charge in [0.05, 0.1) is 55.1 Å². The summed E-state index contributed by atoms with van der Waals surface area (Å²) in [6.07, 6.45) is 3.59. The summed E-state index contributed by atoms with van der Waals surface area (Å²) in [5.74, 6) is -1.90. The predicted molar refractivity (Wildman–Crippen MR) is 124 cm³/mol. The van der Waals surface area contributed by atoms with Crippen molar-refractivity contribution >= 4 is 28.2 Å². The Kier molecular flexibility index (Phi) is 5.32. The van der Waals surface area contributed by atoms with Gasteiger partial charge in [-0.2, -0.15) is 0 Å². The fourth-order valence-electron chi connectivity index (χ4n) is 5.30. The summed E-state index contributed by atoms with van der Waals surface area (Å²) in [7, 11) is 0. The molecule has 3 aromatic rings. The van der Waals surface area contributed by atoms with Gasteiger partial charge in [0, 0.05) is 30.8 Å². The van der Waals surface area contributed by atoms with E-state index in [1.807, 2.05) is 4.90 Å². The van der Waals surface area contributed by atoms with Crippen molar-refractivity contribution in [2.45, 2.75) is 12.8 Å². The molecule has 0 amide bonds. The molecule has 176 valence electrons. The Bertz CT molecular complexity index is 1350. The molecule has 2 aromatic carbocycles. The third kappa shape index (κ3) is 3.69. The fraction of sp³-hybridized carbons (Fsp3) is 0.333. The van der Waals surface area contributed by atoms with Gasteiger partial charge >= 0.3 is 5.97 Å². The maximum absolute atomic E-state index is 13.5. The van der Waals surface area contributed by atoms with Crippen molar-refractivity contribution in [3.8, 4) is 5.69 Å². The number of nitrogens with zero attached hydrogens (tertiary/aromatic N) is 4. The number of pyridine rings is 1. The van der Waals surface area contributed by atoms with Gasteiger partial charge in [0.25, 0.3) is 5.69 Å². The number of carboxylic acids is 1. The number of carboxylic acid groups (broad SMARTS) is 1. The third-order valence-corrected chi connectivity index (χ3v) is 7.18. The molecule has 0 aliphatic carbocycles. The molecule has 0 atom stereocenters. The van der Waals surface area contributed by atoms with Crippen LogP contribution in [0.15, 0.2) is 47.4 Å². The van der Waals surface area contributed by atoms with Crippen LogP contribution in [0.3, 0.4) is 0 Å². The van der Waals surface area contributed by atoms with Crippen LogP contribution in [0, 0.1) is 15.9 Å². The van der Waals surface area contributed by atoms with Crippen LogP contribution in [0.25, 0.3) is 16.6 Å². The summed E-state index contributed by atoms with van der Waals surface area (Å²) < 4.78 is 16.0. The highest BCUT2D eigenvalue weighted by atomic mass is 19.1. The molecule has 2 aliphatic rings. The Balaban J connectivity index is 1.70. The van der Waals surface area contributed by atoms with Crippen LogP contribution in [0.5, 0.6) is 0 Å². The van der Waals surface area contributed by atoms with Gasteiger partial charge in [0.15, 0.2) is 0 Å². The van der Waals surface area contributed by atoms with Gasteiger partial charge in [-0.05, 0) is 30.3 Å². The number of carbonyl (C=O) groups is 1. The van der Waals surface area contributed by atoms with Crippen molar-refractivity contribution in [2.24, 2.45) is 0 Å². The lowest BCUT2D eigenvalue weighted by atomic mass is 10.1. The van der Waals surface area contributed by atoms with Crippen LogP contribution in [-0.2, 0) is 0 Å². The van der Waals surface area contributed by atoms with Crippen LogP contribution in [0.1, 0.15) is 23.2 Å². The van der Waals surface area contributed by atoms with Crippen LogP contribution < -0.4 is 10.3 Å². The summed E-state index contributed by atoms with van der Waals surface area (Å²) >= 11 is 0. The zero-order valence-electron chi connectivity index (χ0n) is 18.4. The van der Waals surface area contributed by atoms with E-state index in [9.17, 15) is 29.2 Å². The van der Waals surface area contributed by atoms with Crippen molar-refractivity contribution in [1.29, 1.82) is 0 Å². The number of halogens is 1. The number of hydrogen-bond acceptors (Lipinski definition) is 5. The molecule has 9 nitrogen and oxygen atoms in total. The maximum atomic E-state index is 13.5. The minimum Gasteiger partial charge on any atom is -0.477 e. The van der Waals surface area contributed by atoms with E-state index in [0.717, 1.165) is 30.7 Å². The number of nitro benzene ring substituents is 1. The number of aromatic nitrogens is 1. The van der Waals surface area contributed by atoms with E-state index >= 15 is 0 Å². The molecule has 1 N–H and O–H groups in total. The second-order valence-corrected chi connectivity index (χ2v) is 9.07. The van der Waals surface area contributed by atoms with Gasteiger partial charge in [0.2, 0.25) is 5.43 Å². The normalized spacial score (nSPS) is 17.4. The zero-order valence-corrected chi connectivity index (χ0v) is 18.4. The summed E-state index contributed by atoms with van der Waals surface area (Å²) in [5, 5.41) is 21.5. The minimum absolute atomic E-state index is 0.0697. The summed E-state index contributed by atoms with van der Waals surface area (Å²) in [6, 6.07) is 8.16. The molecule has 1 aromatic heterocycles. The highest BCUT2D eigenvalue weighted by Gasteiger charge is 2.37. The second kappa shape index (κ2) is 8.21. The molecule has 2 aliphatic heterocycles. The van der Waals surface area contributed by atoms with Gasteiger partial charge in [-0.15, -0.1) is 0 Å². The number of fused-ring (bicyclic) bond motifs is 1. The quantitative estimate of drug-likeness (QED) is 0.359. The smallest absolute Gasteiger partial charge is 0.341 e. The van der Waals surface area contributed by atoms with Crippen molar-refractivity contribution in [3.63, 3.8) is 0 Å². The van der Waals surface area contributed by atoms with Crippen molar-refractivity contribution < 1.29 is 23.7 Å². The molecular weight excluding hydrogens is 443 g/mol. The Morgan fingerprint density at radius 1 is 1.06 bits per heavy atom. The van der Waals surface area contributed by atoms with E-state index in [-0.39, 0.29) is 11.1 Å². The van der Waals surface area contributed by atoms with Crippen molar-refractivity contribution in [1.82, 2.24) is 4.57 Å². The number of anilines is 1. The Hall–Kier alpha value is -3.79. The molecule has 2 fully saturated rings. The summed E-state index contributed by atoms with van der Waals surface area (Å²) in [5.41, 5.74) is -0.375. The molecule has 2 saturated heterocycles. The van der Waals surface area contributed by atoms with Crippen molar-refractivity contribution in [2.75, 3.05) is 44.2 Å². The zero-order chi connectivity index (χ0) is 24.0. The number of piperazine rings is 1. The number of aromatic carboxylic acids is 1. The molecule has 3 heterocycles. The highest BCUT2D eigenvalue weighted by molar-refractivity contribution is 5.96. The molecule has 10 heteroatoms. The molecule has 34 heavy (non-hydrogen) atoms. The second-order valence-electron chi connectivity index (χ2n) is 9.07. The topological polar surface area (TPSA) is 106 Å². The van der Waals surface area contributed by atoms with Gasteiger partial charge < -0.3 is 19.1 Å². The highest BCUT2D eigenvalue weighted by Crippen LogP contribution is 2.35. The third-order valence-electron chi connectivity index (χ3n) is 7.18. The Morgan fingerprint density at radius 2 is 1.71 bits per heavy atom. The van der Waals surface area contributed by atoms with Crippen LogP contribution in [-0.4, -0.2) is 64.3 Å². The maximum Gasteiger partial charge on any atom is 0.341 e. The molecule has 0 unspecified atom stereocenters. The largest absolute Gasteiger partial charge is 0.477 e. The molecule has 0 saturated carbocycles. The number of quaternary nitrogens is 1. The average molecular weight is 467 g/mol. The van der Waals surface area contributed by atoms with E-state index in [0.29, 0.717) is 30.0 Å². The molecule has 1 spiro atoms. The first-order chi connectivity index (χ1) is 16.3. The van der Waals surface area contributed by atoms with Gasteiger partial charge in [-0.1, -0.05) is 0 Å². The Labute approximate surface area is 194 Å². The van der Waals surface area contributed by atoms with E-state index in [2.05, 4.69) is 0 Å². The van der Waals surface area contributed by atoms with Crippen molar-refractivity contribution in [3.05, 3.63) is 74.3 Å². The molecule has 5 rings (SSSR count). The summed E-state index contributed by atoms with van der Waals surface area (Å²) in [6.45, 7) is 5.38. The monoisotopic (exact) mass is 467 g/mol. The standard InChI is InChI=1S/C24H23FN4O5/c25-16-3-5-17(6-4-16)27-15-19(24(31)32)23(30)18-13-22(28(33)34)21(14-20(18)27)26-7-11-29(12-8-26)9-1-2-10-29/h3-6,13-15H,1-2,7-12H2/p+1. The van der Waals surface area contributed by atoms with Gasteiger partial charge in [-0.3, -0.25) is 14.9 Å². The number of nitro groups is 1. The fourth-order valence-corrected chi connectivity index (χ4v) is 5.30. The lowest BCUT2D eigenvalue weighted by molar-refractivity contribution is -0.917. The Morgan fingerprint density at radius 3 is 2.29 bits per heavy atom. The van der Waals surface area contributed by atoms with E-state index in [4.69, 9.17) is 0 Å². The van der Waals surface area contributed by atoms with Crippen LogP contribution in [0.2, 0.25) is 0 Å². The first-order valence-corrected chi connectivity index (χ1v) is 11.3. The van der Waals surface area contributed by atoms with E-state index in [1.54, 1.807) is 6.07 Å². The SMILES string of the molecule is O=C(O)c1cn(-c2ccc(F)cc2)c2cc(N3CC[N+]4(CCCC4)CC3)c([N+](=O)[O-])cc2c1=O. The number of rotatable bonds is 4. The van der Waals surface area contributed by atoms with Crippen LogP contribution in [0.4, 0.5) is 15.8 Å². The first-order valence-electron chi connectivity index (χ1n) is 11.3. The van der Waals surface area contributed by atoms with Gasteiger partial charge in [-0.25, -0.2) is 9.18 Å². The number of hydrogen-bond donors (Lipinski definition) is 1. The van der Waals surface area contributed by atoms with E-state index < -0.39 is 27.7 Å². The predicted octanol–water partition coefficient (Wildman–Crippen LogP) is 3.17. The first kappa shape index (κ1) is 22.0. The lowest BCUT2D eigenvalue weighted by Gasteiger charge is -2.42. The van der Waals surface area contributed by atoms with Crippen LogP contribution >= 0.6 is 0 Å². The lowest BCUT2D eigenvalue weighted by Crippen LogP contribution is -2.58. The molecule has 0 bridgehead atoms. The minimum atomic E-state index is -1.44. The number of benzene rings is 2. The molecule has 0 radical (unpaired) electrons. The van der Waals surface area contributed by atoms with Gasteiger partial charge in [0.1, 0.15) is 17.1 Å². The summed E-state index contributed by atoms with van der Waals surface area (Å²) in [4.78, 5) is 38.1. The molecular formula is C24H24FN4O5+. The van der Waals surface area contributed by atoms with E-state index in [1.165, 1.54) is 53.9 Å².